The van der Waals surface area contributed by atoms with Crippen LogP contribution < -0.4 is 0 Å². The molecule has 2 aliphatic rings. The summed E-state index contributed by atoms with van der Waals surface area (Å²) in [5.74, 6) is -1.00. The van der Waals surface area contributed by atoms with Gasteiger partial charge in [0.1, 0.15) is 11.6 Å². The van der Waals surface area contributed by atoms with Gasteiger partial charge in [-0.25, -0.2) is 8.78 Å². The number of aliphatic hydroxyl groups excluding tert-OH is 1. The molecule has 174 valence electrons. The Morgan fingerprint density at radius 1 is 0.969 bits per heavy atom. The van der Waals surface area contributed by atoms with Crippen LogP contribution in [0.15, 0.2) is 36.4 Å². The lowest BCUT2D eigenvalue weighted by Crippen LogP contribution is -2.48. The van der Waals surface area contributed by atoms with Gasteiger partial charge in [-0.2, -0.15) is 0 Å². The van der Waals surface area contributed by atoms with Crippen molar-refractivity contribution in [3.8, 4) is 11.1 Å². The number of hydrogen-bond donors (Lipinski definition) is 1. The second-order valence-corrected chi connectivity index (χ2v) is 9.05. The number of ether oxygens (including phenoxy) is 1. The van der Waals surface area contributed by atoms with Gasteiger partial charge in [-0.1, -0.05) is 37.1 Å². The first kappa shape index (κ1) is 23.3. The van der Waals surface area contributed by atoms with E-state index in [1.54, 1.807) is 0 Å². The Kier molecular flexibility index (Phi) is 7.89. The molecule has 1 saturated heterocycles. The number of hydrogen-bond acceptors (Lipinski definition) is 4. The average molecular weight is 445 g/mol. The van der Waals surface area contributed by atoms with E-state index in [1.807, 2.05) is 31.2 Å². The molecule has 0 amide bonds. The van der Waals surface area contributed by atoms with Crippen molar-refractivity contribution in [2.45, 2.75) is 51.4 Å². The summed E-state index contributed by atoms with van der Waals surface area (Å²) in [4.78, 5) is 4.27. The van der Waals surface area contributed by atoms with Crippen LogP contribution in [0.2, 0.25) is 0 Å². The Bertz CT molecular complexity index is 853. The van der Waals surface area contributed by atoms with Crippen LogP contribution in [0, 0.1) is 11.6 Å². The molecule has 1 aliphatic heterocycles. The van der Waals surface area contributed by atoms with Crippen molar-refractivity contribution >= 4 is 0 Å². The maximum Gasteiger partial charge on any atom is 0.131 e. The van der Waals surface area contributed by atoms with Crippen molar-refractivity contribution in [1.29, 1.82) is 0 Å². The van der Waals surface area contributed by atoms with Gasteiger partial charge in [0.05, 0.1) is 19.3 Å². The molecule has 2 aromatic rings. The van der Waals surface area contributed by atoms with E-state index in [2.05, 4.69) is 9.80 Å². The Hall–Kier alpha value is -1.86. The third-order valence-corrected chi connectivity index (χ3v) is 6.94. The maximum absolute atomic E-state index is 15.0. The Morgan fingerprint density at radius 3 is 2.19 bits per heavy atom. The highest BCUT2D eigenvalue weighted by molar-refractivity contribution is 5.64. The van der Waals surface area contributed by atoms with Crippen LogP contribution in [0.25, 0.3) is 11.1 Å². The molecule has 32 heavy (non-hydrogen) atoms. The van der Waals surface area contributed by atoms with Gasteiger partial charge in [-0.3, -0.25) is 9.80 Å². The molecule has 1 heterocycles. The van der Waals surface area contributed by atoms with E-state index in [0.29, 0.717) is 24.8 Å². The van der Waals surface area contributed by atoms with E-state index < -0.39 is 11.6 Å². The Balaban J connectivity index is 1.42. The van der Waals surface area contributed by atoms with Crippen molar-refractivity contribution in [2.24, 2.45) is 0 Å². The molecular weight excluding hydrogens is 410 g/mol. The van der Waals surface area contributed by atoms with E-state index in [-0.39, 0.29) is 18.2 Å². The van der Waals surface area contributed by atoms with E-state index >= 15 is 8.78 Å². The minimum Gasteiger partial charge on any atom is -0.395 e. The van der Waals surface area contributed by atoms with Crippen molar-refractivity contribution in [3.05, 3.63) is 59.2 Å². The normalized spacial score (nSPS) is 19.5. The number of halogens is 2. The molecule has 4 rings (SSSR count). The molecule has 6 heteroatoms. The van der Waals surface area contributed by atoms with E-state index in [1.165, 1.54) is 25.0 Å². The lowest BCUT2D eigenvalue weighted by Gasteiger charge is -2.38. The molecule has 0 aromatic heterocycles. The summed E-state index contributed by atoms with van der Waals surface area (Å²) in [6.45, 7) is 6.27. The fraction of sp³-hybridized carbons (Fsp3) is 0.538. The summed E-state index contributed by atoms with van der Waals surface area (Å²) in [7, 11) is 0. The van der Waals surface area contributed by atoms with Crippen LogP contribution in [0.4, 0.5) is 8.78 Å². The fourth-order valence-electron chi connectivity index (χ4n) is 4.91. The van der Waals surface area contributed by atoms with Crippen LogP contribution in [-0.2, 0) is 11.3 Å². The van der Waals surface area contributed by atoms with Crippen molar-refractivity contribution < 1.29 is 18.6 Å². The summed E-state index contributed by atoms with van der Waals surface area (Å²) in [6.07, 6.45) is 5.13. The highest BCUT2D eigenvalue weighted by Gasteiger charge is 2.26. The zero-order valence-corrected chi connectivity index (χ0v) is 18.9. The maximum atomic E-state index is 15.0. The first-order valence-corrected chi connectivity index (χ1v) is 11.8. The van der Waals surface area contributed by atoms with Gasteiger partial charge >= 0.3 is 0 Å². The molecule has 0 radical (unpaired) electrons. The van der Waals surface area contributed by atoms with Gasteiger partial charge in [-0.15, -0.1) is 0 Å². The predicted molar refractivity (Wildman–Crippen MR) is 122 cm³/mol. The Morgan fingerprint density at radius 2 is 1.59 bits per heavy atom. The smallest absolute Gasteiger partial charge is 0.131 e. The zero-order valence-electron chi connectivity index (χ0n) is 18.9. The molecule has 1 N–H and O–H groups in total. The minimum atomic E-state index is -0.501. The van der Waals surface area contributed by atoms with E-state index in [0.717, 1.165) is 50.1 Å². The molecule has 0 spiro atoms. The van der Waals surface area contributed by atoms with Gasteiger partial charge < -0.3 is 9.84 Å². The first-order valence-electron chi connectivity index (χ1n) is 11.8. The van der Waals surface area contributed by atoms with Crippen molar-refractivity contribution in [3.63, 3.8) is 0 Å². The number of piperazine rings is 1. The van der Waals surface area contributed by atoms with Gasteiger partial charge in [0.15, 0.2) is 0 Å². The van der Waals surface area contributed by atoms with E-state index in [4.69, 9.17) is 9.84 Å². The molecule has 2 fully saturated rings. The lowest BCUT2D eigenvalue weighted by atomic mass is 9.98. The summed E-state index contributed by atoms with van der Waals surface area (Å²) >= 11 is 0. The van der Waals surface area contributed by atoms with Gasteiger partial charge in [0, 0.05) is 44.3 Å². The number of benzene rings is 2. The fourth-order valence-corrected chi connectivity index (χ4v) is 4.91. The highest BCUT2D eigenvalue weighted by atomic mass is 19.1. The number of nitrogens with zero attached hydrogens (tertiary/aromatic N) is 2. The predicted octanol–water partition coefficient (Wildman–Crippen LogP) is 4.76. The number of β-amino-alcohol motifs (C(OH)–C–C–N with tert-alkyl or cyclic N) is 1. The van der Waals surface area contributed by atoms with Crippen LogP contribution in [0.5, 0.6) is 0 Å². The van der Waals surface area contributed by atoms with Gasteiger partial charge in [0.2, 0.25) is 0 Å². The first-order chi connectivity index (χ1) is 15.5. The molecule has 1 atom stereocenters. The second kappa shape index (κ2) is 10.8. The summed E-state index contributed by atoms with van der Waals surface area (Å²) in [5, 5.41) is 9.09. The van der Waals surface area contributed by atoms with Crippen molar-refractivity contribution in [1.82, 2.24) is 9.80 Å². The Labute approximate surface area is 189 Å². The zero-order chi connectivity index (χ0) is 22.5. The standard InChI is InChI=1S/C26H34F2N2O2/c1-19(30-12-10-29(11-13-30)14-15-31)26-24(27)16-22(17-25(26)28)21-8-6-20(7-9-21)18-32-23-4-2-3-5-23/h6-9,16-17,19,23,31H,2-5,10-15,18H2,1H3. The largest absolute Gasteiger partial charge is 0.395 e. The average Bonchev–Trinajstić information content (AvgIpc) is 3.32. The molecule has 1 unspecified atom stereocenters. The van der Waals surface area contributed by atoms with Gasteiger partial charge in [0.25, 0.3) is 0 Å². The second-order valence-electron chi connectivity index (χ2n) is 9.05. The number of aliphatic hydroxyl groups is 1. The third-order valence-electron chi connectivity index (χ3n) is 6.94. The van der Waals surface area contributed by atoms with Crippen LogP contribution in [0.1, 0.15) is 49.8 Å². The van der Waals surface area contributed by atoms with Crippen LogP contribution in [-0.4, -0.2) is 60.3 Å². The van der Waals surface area contributed by atoms with Crippen LogP contribution >= 0.6 is 0 Å². The molecule has 1 saturated carbocycles. The molecule has 2 aromatic carbocycles. The minimum absolute atomic E-state index is 0.131. The van der Waals surface area contributed by atoms with E-state index in [9.17, 15) is 0 Å². The van der Waals surface area contributed by atoms with Crippen molar-refractivity contribution in [2.75, 3.05) is 39.3 Å². The number of rotatable bonds is 8. The summed E-state index contributed by atoms with van der Waals surface area (Å²) in [5.41, 5.74) is 2.55. The topological polar surface area (TPSA) is 35.9 Å². The van der Waals surface area contributed by atoms with Crippen LogP contribution in [0.3, 0.4) is 0 Å². The quantitative estimate of drug-likeness (QED) is 0.637. The van der Waals surface area contributed by atoms with Gasteiger partial charge in [-0.05, 0) is 48.6 Å². The molecular formula is C26H34F2N2O2. The summed E-state index contributed by atoms with van der Waals surface area (Å²) in [6, 6.07) is 10.3. The monoisotopic (exact) mass is 444 g/mol. The highest BCUT2D eigenvalue weighted by Crippen LogP contribution is 2.31. The molecule has 4 nitrogen and oxygen atoms in total. The summed E-state index contributed by atoms with van der Waals surface area (Å²) < 4.78 is 36.0. The molecule has 1 aliphatic carbocycles. The molecule has 0 bridgehead atoms. The third kappa shape index (κ3) is 5.54. The SMILES string of the molecule is CC(c1c(F)cc(-c2ccc(COC3CCCC3)cc2)cc1F)N1CCN(CCO)CC1. The lowest BCUT2D eigenvalue weighted by molar-refractivity contribution is 0.0457.